The highest BCUT2D eigenvalue weighted by Crippen LogP contribution is 2.34. The minimum atomic E-state index is -1.09. The van der Waals surface area contributed by atoms with Crippen molar-refractivity contribution in [3.63, 3.8) is 0 Å². The number of carboxylic acid groups (broad SMARTS) is 1. The van der Waals surface area contributed by atoms with Crippen LogP contribution in [0.5, 0.6) is 11.5 Å². The van der Waals surface area contributed by atoms with Crippen LogP contribution in [0.15, 0.2) is 23.1 Å². The lowest BCUT2D eigenvalue weighted by molar-refractivity contribution is -0.144. The average Bonchev–Trinajstić information content (AvgIpc) is 2.77. The predicted octanol–water partition coefficient (Wildman–Crippen LogP) is 2.60. The molecule has 0 spiro atoms. The zero-order valence-electron chi connectivity index (χ0n) is 13.4. The number of carboxylic acids is 1. The van der Waals surface area contributed by atoms with Crippen LogP contribution >= 0.6 is 11.8 Å². The minimum Gasteiger partial charge on any atom is -0.490 e. The van der Waals surface area contributed by atoms with E-state index in [9.17, 15) is 14.4 Å². The molecule has 0 aromatic heterocycles. The lowest BCUT2D eigenvalue weighted by atomic mass is 10.2. The van der Waals surface area contributed by atoms with Gasteiger partial charge in [0.05, 0.1) is 11.5 Å². The van der Waals surface area contributed by atoms with Crippen LogP contribution < -0.4 is 9.47 Å². The van der Waals surface area contributed by atoms with Crippen LogP contribution in [-0.4, -0.2) is 46.9 Å². The van der Waals surface area contributed by atoms with Crippen LogP contribution in [0.2, 0.25) is 0 Å². The lowest BCUT2D eigenvalue weighted by Crippen LogP contribution is -2.23. The van der Waals surface area contributed by atoms with Crippen molar-refractivity contribution in [2.45, 2.75) is 20.0 Å². The molecular weight excluding hydrogens is 334 g/mol. The molecule has 24 heavy (non-hydrogen) atoms. The van der Waals surface area contributed by atoms with Crippen molar-refractivity contribution >= 4 is 35.0 Å². The number of imide groups is 1. The molecule has 1 aliphatic heterocycles. The van der Waals surface area contributed by atoms with Crippen molar-refractivity contribution in [2.24, 2.45) is 0 Å². The summed E-state index contributed by atoms with van der Waals surface area (Å²) >= 11 is 0.863. The highest BCUT2D eigenvalue weighted by Gasteiger charge is 2.31. The number of amides is 2. The van der Waals surface area contributed by atoms with Gasteiger partial charge in [-0.2, -0.15) is 0 Å². The third-order valence-electron chi connectivity index (χ3n) is 3.20. The minimum absolute atomic E-state index is 0.299. The van der Waals surface area contributed by atoms with E-state index in [4.69, 9.17) is 14.6 Å². The number of benzene rings is 1. The quantitative estimate of drug-likeness (QED) is 0.787. The Balaban J connectivity index is 2.30. The van der Waals surface area contributed by atoms with Crippen molar-refractivity contribution in [2.75, 3.05) is 13.7 Å². The van der Waals surface area contributed by atoms with E-state index in [-0.39, 0.29) is 11.1 Å². The fourth-order valence-corrected chi connectivity index (χ4v) is 2.75. The van der Waals surface area contributed by atoms with Crippen LogP contribution in [0.1, 0.15) is 19.4 Å². The molecule has 1 aliphatic rings. The van der Waals surface area contributed by atoms with Crippen molar-refractivity contribution in [3.8, 4) is 11.5 Å². The van der Waals surface area contributed by atoms with Gasteiger partial charge in [-0.1, -0.05) is 6.07 Å². The number of ether oxygens (including phenoxy) is 2. The maximum atomic E-state index is 11.9. The summed E-state index contributed by atoms with van der Waals surface area (Å²) in [6.45, 7) is 3.58. The van der Waals surface area contributed by atoms with Gasteiger partial charge >= 0.3 is 5.97 Å². The van der Waals surface area contributed by atoms with E-state index in [0.717, 1.165) is 16.7 Å². The summed E-state index contributed by atoms with van der Waals surface area (Å²) in [7, 11) is 1.42. The number of carbonyl (C=O) groups excluding carboxylic acids is 2. The van der Waals surface area contributed by atoms with Gasteiger partial charge in [-0.3, -0.25) is 14.5 Å². The summed E-state index contributed by atoms with van der Waals surface area (Å²) in [5.74, 6) is -0.775. The SMILES string of the molecule is CCOc1cc(/C=C2\SC(=O)N(C)C2=O)ccc1O[C@H](C)C(=O)O. The third-order valence-corrected chi connectivity index (χ3v) is 4.16. The molecule has 1 atom stereocenters. The molecule has 0 unspecified atom stereocenters. The standard InChI is InChI=1S/C16H17NO6S/c1-4-22-12-7-10(5-6-11(12)23-9(2)15(19)20)8-13-14(18)17(3)16(21)24-13/h5-9H,4H2,1-3H3,(H,19,20)/b13-8-/t9-/m1/s1. The van der Waals surface area contributed by atoms with Crippen molar-refractivity contribution in [1.29, 1.82) is 0 Å². The second-order valence-electron chi connectivity index (χ2n) is 4.98. The molecule has 1 aromatic rings. The zero-order valence-corrected chi connectivity index (χ0v) is 14.3. The molecule has 1 heterocycles. The van der Waals surface area contributed by atoms with Crippen LogP contribution in [0.3, 0.4) is 0 Å². The third kappa shape index (κ3) is 3.88. The van der Waals surface area contributed by atoms with E-state index >= 15 is 0 Å². The molecule has 1 aromatic carbocycles. The number of nitrogens with zero attached hydrogens (tertiary/aromatic N) is 1. The van der Waals surface area contributed by atoms with Crippen LogP contribution in [0.25, 0.3) is 6.08 Å². The first kappa shape index (κ1) is 17.9. The number of aliphatic carboxylic acids is 1. The molecule has 1 N–H and O–H groups in total. The van der Waals surface area contributed by atoms with Gasteiger partial charge in [0.1, 0.15) is 0 Å². The molecule has 7 nitrogen and oxygen atoms in total. The second kappa shape index (κ2) is 7.39. The highest BCUT2D eigenvalue weighted by atomic mass is 32.2. The summed E-state index contributed by atoms with van der Waals surface area (Å²) in [6.07, 6.45) is 0.563. The van der Waals surface area contributed by atoms with Gasteiger partial charge in [0, 0.05) is 7.05 Å². The van der Waals surface area contributed by atoms with E-state index in [2.05, 4.69) is 0 Å². The normalized spacial score (nSPS) is 17.3. The van der Waals surface area contributed by atoms with Gasteiger partial charge < -0.3 is 14.6 Å². The summed E-state index contributed by atoms with van der Waals surface area (Å²) in [5.41, 5.74) is 0.646. The summed E-state index contributed by atoms with van der Waals surface area (Å²) < 4.78 is 10.8. The molecule has 0 aliphatic carbocycles. The number of hydrogen-bond acceptors (Lipinski definition) is 6. The van der Waals surface area contributed by atoms with Gasteiger partial charge in [0.2, 0.25) is 0 Å². The maximum Gasteiger partial charge on any atom is 0.344 e. The summed E-state index contributed by atoms with van der Waals surface area (Å²) in [5, 5.41) is 8.61. The number of likely N-dealkylation sites (N-methyl/N-ethyl adjacent to an activating group) is 1. The molecule has 2 amide bonds. The monoisotopic (exact) mass is 351 g/mol. The molecule has 1 saturated heterocycles. The van der Waals surface area contributed by atoms with Gasteiger partial charge in [0.25, 0.3) is 11.1 Å². The number of hydrogen-bond donors (Lipinski definition) is 1. The molecule has 0 saturated carbocycles. The molecule has 8 heteroatoms. The zero-order chi connectivity index (χ0) is 17.9. The Bertz CT molecular complexity index is 715. The molecular formula is C16H17NO6S. The largest absolute Gasteiger partial charge is 0.490 e. The molecule has 2 rings (SSSR count). The summed E-state index contributed by atoms with van der Waals surface area (Å²) in [6, 6.07) is 4.87. The van der Waals surface area contributed by atoms with Crippen LogP contribution in [0.4, 0.5) is 4.79 Å². The van der Waals surface area contributed by atoms with Gasteiger partial charge in [-0.05, 0) is 49.4 Å². The van der Waals surface area contributed by atoms with Crippen LogP contribution in [0, 0.1) is 0 Å². The second-order valence-corrected chi connectivity index (χ2v) is 5.97. The van der Waals surface area contributed by atoms with E-state index in [1.165, 1.54) is 14.0 Å². The molecule has 0 radical (unpaired) electrons. The highest BCUT2D eigenvalue weighted by molar-refractivity contribution is 8.18. The number of carbonyl (C=O) groups is 3. The van der Waals surface area contributed by atoms with Crippen molar-refractivity contribution in [1.82, 2.24) is 4.90 Å². The average molecular weight is 351 g/mol. The first-order valence-corrected chi connectivity index (χ1v) is 8.03. The van der Waals surface area contributed by atoms with Crippen molar-refractivity contribution in [3.05, 3.63) is 28.7 Å². The first-order valence-electron chi connectivity index (χ1n) is 7.21. The smallest absolute Gasteiger partial charge is 0.344 e. The topological polar surface area (TPSA) is 93.1 Å². The Hall–Kier alpha value is -2.48. The van der Waals surface area contributed by atoms with Gasteiger partial charge in [-0.25, -0.2) is 4.79 Å². The maximum absolute atomic E-state index is 11.9. The predicted molar refractivity (Wildman–Crippen MR) is 89.1 cm³/mol. The molecule has 128 valence electrons. The van der Waals surface area contributed by atoms with E-state index in [0.29, 0.717) is 28.6 Å². The number of thioether (sulfide) groups is 1. The summed E-state index contributed by atoms with van der Waals surface area (Å²) in [4.78, 5) is 35.7. The Kier molecular flexibility index (Phi) is 5.50. The lowest BCUT2D eigenvalue weighted by Gasteiger charge is -2.15. The van der Waals surface area contributed by atoms with Gasteiger partial charge in [0.15, 0.2) is 17.6 Å². The Labute approximate surface area is 143 Å². The van der Waals surface area contributed by atoms with E-state index < -0.39 is 12.1 Å². The number of rotatable bonds is 6. The molecule has 0 bridgehead atoms. The van der Waals surface area contributed by atoms with Gasteiger partial charge in [-0.15, -0.1) is 0 Å². The van der Waals surface area contributed by atoms with E-state index in [1.807, 2.05) is 0 Å². The fourth-order valence-electron chi connectivity index (χ4n) is 1.92. The first-order chi connectivity index (χ1) is 11.3. The Morgan fingerprint density at radius 3 is 2.62 bits per heavy atom. The Morgan fingerprint density at radius 2 is 2.08 bits per heavy atom. The van der Waals surface area contributed by atoms with Crippen LogP contribution in [-0.2, 0) is 9.59 Å². The van der Waals surface area contributed by atoms with E-state index in [1.54, 1.807) is 31.2 Å². The van der Waals surface area contributed by atoms with Crippen molar-refractivity contribution < 1.29 is 29.0 Å². The molecule has 1 fully saturated rings. The Morgan fingerprint density at radius 1 is 1.38 bits per heavy atom. The fraction of sp³-hybridized carbons (Fsp3) is 0.312.